The molecule has 1 aliphatic carbocycles. The number of carbonyl (C=O) groups is 1. The Labute approximate surface area is 179 Å². The molecule has 0 unspecified atom stereocenters. The van der Waals surface area contributed by atoms with E-state index in [1.807, 2.05) is 18.2 Å². The maximum atomic E-state index is 12.5. The summed E-state index contributed by atoms with van der Waals surface area (Å²) in [6.45, 7) is 0.298. The second kappa shape index (κ2) is 11.2. The zero-order chi connectivity index (χ0) is 21.4. The van der Waals surface area contributed by atoms with Gasteiger partial charge in [0.05, 0.1) is 30.6 Å². The van der Waals surface area contributed by atoms with Crippen LogP contribution in [0.1, 0.15) is 56.9 Å². The van der Waals surface area contributed by atoms with Gasteiger partial charge in [0.1, 0.15) is 0 Å². The van der Waals surface area contributed by atoms with Crippen molar-refractivity contribution < 1.29 is 23.1 Å². The first kappa shape index (κ1) is 23.2. The van der Waals surface area contributed by atoms with E-state index < -0.39 is 22.2 Å². The average Bonchev–Trinajstić information content (AvgIpc) is 2.75. The summed E-state index contributed by atoms with van der Waals surface area (Å²) in [5.74, 6) is 0.175. The maximum Gasteiger partial charge on any atom is 0.223 e. The zero-order valence-electron chi connectivity index (χ0n) is 17.5. The summed E-state index contributed by atoms with van der Waals surface area (Å²) in [6.07, 6.45) is 6.71. The smallest absolute Gasteiger partial charge is 0.223 e. The lowest BCUT2D eigenvalue weighted by Crippen LogP contribution is -2.51. The summed E-state index contributed by atoms with van der Waals surface area (Å²) in [5.41, 5.74) is 0.717. The molecule has 1 saturated heterocycles. The van der Waals surface area contributed by atoms with Gasteiger partial charge < -0.3 is 15.2 Å². The fourth-order valence-electron chi connectivity index (χ4n) is 4.41. The molecule has 0 spiro atoms. The third-order valence-corrected chi connectivity index (χ3v) is 7.44. The van der Waals surface area contributed by atoms with Crippen LogP contribution in [0.5, 0.6) is 0 Å². The molecule has 1 aromatic carbocycles. The number of aliphatic hydroxyl groups is 1. The van der Waals surface area contributed by atoms with Crippen LogP contribution in [0.2, 0.25) is 0 Å². The number of carbonyl (C=O) groups excluding carboxylic acids is 1. The van der Waals surface area contributed by atoms with E-state index in [1.165, 1.54) is 6.42 Å². The van der Waals surface area contributed by atoms with Crippen LogP contribution < -0.4 is 10.0 Å². The van der Waals surface area contributed by atoms with Gasteiger partial charge in [0, 0.05) is 12.5 Å². The van der Waals surface area contributed by atoms with Crippen molar-refractivity contribution in [3.8, 4) is 0 Å². The average molecular weight is 439 g/mol. The van der Waals surface area contributed by atoms with Crippen LogP contribution in [0.25, 0.3) is 0 Å². The van der Waals surface area contributed by atoms with Crippen molar-refractivity contribution in [2.75, 3.05) is 13.2 Å². The van der Waals surface area contributed by atoms with Gasteiger partial charge in [-0.05, 0) is 37.7 Å². The largest absolute Gasteiger partial charge is 0.394 e. The molecule has 1 saturated carbocycles. The van der Waals surface area contributed by atoms with Gasteiger partial charge in [0.25, 0.3) is 0 Å². The molecule has 3 atom stereocenters. The Balaban J connectivity index is 1.43. The molecular weight excluding hydrogens is 404 g/mol. The van der Waals surface area contributed by atoms with Crippen molar-refractivity contribution in [3.63, 3.8) is 0 Å². The lowest BCUT2D eigenvalue weighted by Gasteiger charge is -2.36. The van der Waals surface area contributed by atoms with Crippen LogP contribution in [0.3, 0.4) is 0 Å². The Morgan fingerprint density at radius 1 is 1.07 bits per heavy atom. The quantitative estimate of drug-likeness (QED) is 0.548. The number of hydrogen-bond donors (Lipinski definition) is 3. The molecule has 1 aromatic rings. The van der Waals surface area contributed by atoms with Crippen molar-refractivity contribution in [1.29, 1.82) is 0 Å². The van der Waals surface area contributed by atoms with Crippen molar-refractivity contribution in [3.05, 3.63) is 35.9 Å². The summed E-state index contributed by atoms with van der Waals surface area (Å²) in [4.78, 5) is 12.3. The fourth-order valence-corrected chi connectivity index (χ4v) is 5.86. The van der Waals surface area contributed by atoms with E-state index in [0.717, 1.165) is 25.7 Å². The molecule has 7 nitrogen and oxygen atoms in total. The van der Waals surface area contributed by atoms with Crippen LogP contribution in [-0.4, -0.2) is 50.8 Å². The lowest BCUT2D eigenvalue weighted by molar-refractivity contribution is -0.126. The Hall–Kier alpha value is -1.48. The van der Waals surface area contributed by atoms with Gasteiger partial charge >= 0.3 is 0 Å². The molecule has 3 rings (SSSR count). The molecule has 1 heterocycles. The van der Waals surface area contributed by atoms with E-state index in [0.29, 0.717) is 31.4 Å². The molecule has 1 amide bonds. The van der Waals surface area contributed by atoms with Crippen molar-refractivity contribution >= 4 is 15.9 Å². The SMILES string of the molecule is O=C(NCC[C@H]1CC[C@H](NS(=O)(=O)Cc2ccccc2)[C@H](CO)O1)C1CCCCC1. The third-order valence-electron chi connectivity index (χ3n) is 6.07. The first-order valence-electron chi connectivity index (χ1n) is 11.0. The molecule has 2 aliphatic rings. The normalized spacial score (nSPS) is 25.7. The molecule has 0 radical (unpaired) electrons. The third kappa shape index (κ3) is 7.04. The van der Waals surface area contributed by atoms with E-state index in [-0.39, 0.29) is 30.3 Å². The van der Waals surface area contributed by atoms with Crippen molar-refractivity contribution in [2.24, 2.45) is 5.92 Å². The van der Waals surface area contributed by atoms with Gasteiger partial charge in [-0.1, -0.05) is 49.6 Å². The highest BCUT2D eigenvalue weighted by molar-refractivity contribution is 7.88. The summed E-state index contributed by atoms with van der Waals surface area (Å²) >= 11 is 0. The van der Waals surface area contributed by atoms with Gasteiger partial charge in [0.15, 0.2) is 0 Å². The molecule has 2 fully saturated rings. The number of rotatable bonds is 9. The molecule has 3 N–H and O–H groups in total. The monoisotopic (exact) mass is 438 g/mol. The molecule has 30 heavy (non-hydrogen) atoms. The van der Waals surface area contributed by atoms with Crippen LogP contribution in [0.4, 0.5) is 0 Å². The first-order chi connectivity index (χ1) is 14.5. The molecule has 1 aliphatic heterocycles. The van der Waals surface area contributed by atoms with Crippen molar-refractivity contribution in [2.45, 2.75) is 75.4 Å². The highest BCUT2D eigenvalue weighted by atomic mass is 32.2. The van der Waals surface area contributed by atoms with Gasteiger partial charge in [0.2, 0.25) is 15.9 Å². The van der Waals surface area contributed by atoms with E-state index in [9.17, 15) is 18.3 Å². The molecule has 0 aromatic heterocycles. The lowest BCUT2D eigenvalue weighted by atomic mass is 9.88. The van der Waals surface area contributed by atoms with E-state index in [4.69, 9.17) is 4.74 Å². The van der Waals surface area contributed by atoms with Gasteiger partial charge in [-0.15, -0.1) is 0 Å². The van der Waals surface area contributed by atoms with Crippen LogP contribution >= 0.6 is 0 Å². The molecule has 0 bridgehead atoms. The summed E-state index contributed by atoms with van der Waals surface area (Å²) < 4.78 is 33.7. The number of hydrogen-bond acceptors (Lipinski definition) is 5. The molecule has 8 heteroatoms. The second-order valence-electron chi connectivity index (χ2n) is 8.44. The zero-order valence-corrected chi connectivity index (χ0v) is 18.3. The minimum atomic E-state index is -3.53. The van der Waals surface area contributed by atoms with E-state index >= 15 is 0 Å². The van der Waals surface area contributed by atoms with Gasteiger partial charge in [-0.3, -0.25) is 4.79 Å². The van der Waals surface area contributed by atoms with E-state index in [1.54, 1.807) is 12.1 Å². The molecule has 168 valence electrons. The predicted molar refractivity (Wildman–Crippen MR) is 115 cm³/mol. The van der Waals surface area contributed by atoms with Crippen LogP contribution in [0, 0.1) is 5.92 Å². The Morgan fingerprint density at radius 2 is 1.80 bits per heavy atom. The summed E-state index contributed by atoms with van der Waals surface area (Å²) in [5, 5.41) is 12.7. The highest BCUT2D eigenvalue weighted by Gasteiger charge is 2.33. The number of amides is 1. The minimum Gasteiger partial charge on any atom is -0.394 e. The first-order valence-corrected chi connectivity index (χ1v) is 12.7. The second-order valence-corrected chi connectivity index (χ2v) is 10.2. The number of sulfonamides is 1. The Bertz CT molecular complexity index is 765. The maximum absolute atomic E-state index is 12.5. The fraction of sp³-hybridized carbons (Fsp3) is 0.682. The van der Waals surface area contributed by atoms with Gasteiger partial charge in [-0.25, -0.2) is 13.1 Å². The number of benzene rings is 1. The van der Waals surface area contributed by atoms with Crippen molar-refractivity contribution in [1.82, 2.24) is 10.0 Å². The summed E-state index contributed by atoms with van der Waals surface area (Å²) in [7, 11) is -3.53. The number of ether oxygens (including phenoxy) is 1. The Morgan fingerprint density at radius 3 is 2.50 bits per heavy atom. The molecular formula is C22H34N2O5S. The number of nitrogens with one attached hydrogen (secondary N) is 2. The van der Waals surface area contributed by atoms with Gasteiger partial charge in [-0.2, -0.15) is 0 Å². The standard InChI is InChI=1S/C22H34N2O5S/c25-15-21-20(24-30(27,28)16-17-7-3-1-4-8-17)12-11-19(29-21)13-14-23-22(26)18-9-5-2-6-10-18/h1,3-4,7-8,18-21,24-25H,2,5-6,9-16H2,(H,23,26)/t19-,20+,21+/m1/s1. The van der Waals surface area contributed by atoms with Crippen LogP contribution in [-0.2, 0) is 25.3 Å². The van der Waals surface area contributed by atoms with Crippen LogP contribution in [0.15, 0.2) is 30.3 Å². The predicted octanol–water partition coefficient (Wildman–Crippen LogP) is 2.10. The Kier molecular flexibility index (Phi) is 8.68. The summed E-state index contributed by atoms with van der Waals surface area (Å²) in [6, 6.07) is 8.57. The topological polar surface area (TPSA) is 105 Å². The highest BCUT2D eigenvalue weighted by Crippen LogP contribution is 2.25. The van der Waals surface area contributed by atoms with E-state index in [2.05, 4.69) is 10.0 Å². The number of aliphatic hydroxyl groups excluding tert-OH is 1. The minimum absolute atomic E-state index is 0.0938.